The minimum atomic E-state index is -5.00. The zero-order chi connectivity index (χ0) is 33.5. The van der Waals surface area contributed by atoms with Crippen molar-refractivity contribution in [2.75, 3.05) is 0 Å². The second-order valence-corrected chi connectivity index (χ2v) is 12.1. The zero-order valence-electron chi connectivity index (χ0n) is 25.6. The molecule has 0 saturated heterocycles. The van der Waals surface area contributed by atoms with E-state index in [9.17, 15) is 26.3 Å². The zero-order valence-corrected chi connectivity index (χ0v) is 25.6. The van der Waals surface area contributed by atoms with Gasteiger partial charge in [-0.15, -0.1) is 0 Å². The largest absolute Gasteiger partial charge is 0.416 e. The van der Waals surface area contributed by atoms with Gasteiger partial charge in [0.15, 0.2) is 0 Å². The fourth-order valence-corrected chi connectivity index (χ4v) is 6.69. The number of benzene rings is 5. The van der Waals surface area contributed by atoms with Gasteiger partial charge in [0.25, 0.3) is 0 Å². The lowest BCUT2D eigenvalue weighted by Gasteiger charge is -2.17. The van der Waals surface area contributed by atoms with E-state index in [0.29, 0.717) is 11.6 Å². The summed E-state index contributed by atoms with van der Waals surface area (Å²) < 4.78 is 88.0. The van der Waals surface area contributed by atoms with Gasteiger partial charge in [-0.3, -0.25) is 9.13 Å². The molecule has 0 aliphatic rings. The molecule has 3 aromatic heterocycles. The third-order valence-corrected chi connectivity index (χ3v) is 8.83. The molecule has 9 heteroatoms. The molecule has 0 unspecified atom stereocenters. The maximum absolute atomic E-state index is 14.0. The monoisotopic (exact) mass is 649 g/mol. The Balaban J connectivity index is 1.51. The van der Waals surface area contributed by atoms with Gasteiger partial charge >= 0.3 is 12.4 Å². The Hall–Kier alpha value is -5.57. The van der Waals surface area contributed by atoms with E-state index in [1.165, 1.54) is 0 Å². The first-order valence-electron chi connectivity index (χ1n) is 15.2. The Bertz CT molecular complexity index is 2400. The summed E-state index contributed by atoms with van der Waals surface area (Å²) in [5, 5.41) is 3.78. The number of hydrogen-bond acceptors (Lipinski definition) is 1. The van der Waals surface area contributed by atoms with Crippen LogP contribution in [0.25, 0.3) is 66.4 Å². The number of aromatic nitrogens is 3. The van der Waals surface area contributed by atoms with E-state index in [-0.39, 0.29) is 17.2 Å². The molecule has 3 nitrogen and oxygen atoms in total. The van der Waals surface area contributed by atoms with Crippen LogP contribution in [0.5, 0.6) is 0 Å². The van der Waals surface area contributed by atoms with Crippen LogP contribution in [-0.4, -0.2) is 14.1 Å². The summed E-state index contributed by atoms with van der Waals surface area (Å²) in [4.78, 5) is 5.11. The Morgan fingerprint density at radius 3 is 1.27 bits per heavy atom. The third-order valence-electron chi connectivity index (χ3n) is 8.83. The van der Waals surface area contributed by atoms with Crippen LogP contribution < -0.4 is 0 Å². The van der Waals surface area contributed by atoms with Crippen molar-refractivity contribution in [3.8, 4) is 22.8 Å². The van der Waals surface area contributed by atoms with E-state index >= 15 is 0 Å². The van der Waals surface area contributed by atoms with Gasteiger partial charge < -0.3 is 0 Å². The average Bonchev–Trinajstić information content (AvgIpc) is 3.56. The lowest BCUT2D eigenvalue weighted by atomic mass is 9.99. The van der Waals surface area contributed by atoms with Crippen molar-refractivity contribution in [1.29, 1.82) is 0 Å². The maximum Gasteiger partial charge on any atom is 0.416 e. The summed E-state index contributed by atoms with van der Waals surface area (Å²) in [6, 6.07) is 32.1. The van der Waals surface area contributed by atoms with E-state index in [2.05, 4.69) is 12.1 Å². The van der Waals surface area contributed by atoms with Crippen LogP contribution in [0.4, 0.5) is 26.3 Å². The number of hydrogen-bond donors (Lipinski definition) is 0. The molecule has 0 aliphatic heterocycles. The summed E-state index contributed by atoms with van der Waals surface area (Å²) in [5.74, 6) is 0.697. The molecular weight excluding hydrogens is 624 g/mol. The van der Waals surface area contributed by atoms with Gasteiger partial charge in [-0.05, 0) is 91.7 Å². The first-order chi connectivity index (χ1) is 22.9. The van der Waals surface area contributed by atoms with Crippen molar-refractivity contribution in [1.82, 2.24) is 14.1 Å². The van der Waals surface area contributed by atoms with Crippen LogP contribution in [0, 0.1) is 13.8 Å². The van der Waals surface area contributed by atoms with Gasteiger partial charge in [0.1, 0.15) is 11.6 Å². The van der Waals surface area contributed by atoms with Crippen molar-refractivity contribution < 1.29 is 26.3 Å². The van der Waals surface area contributed by atoms with Gasteiger partial charge in [-0.25, -0.2) is 4.98 Å². The van der Waals surface area contributed by atoms with Crippen molar-refractivity contribution in [2.24, 2.45) is 0 Å². The van der Waals surface area contributed by atoms with Crippen LogP contribution in [0.1, 0.15) is 22.3 Å². The molecule has 0 spiro atoms. The first-order valence-corrected chi connectivity index (χ1v) is 15.2. The van der Waals surface area contributed by atoms with Crippen LogP contribution in [-0.2, 0) is 12.4 Å². The van der Waals surface area contributed by atoms with Gasteiger partial charge in [0.05, 0.1) is 33.2 Å². The molecule has 0 bridgehead atoms. The highest BCUT2D eigenvalue weighted by Gasteiger charge is 2.37. The molecule has 0 atom stereocenters. The van der Waals surface area contributed by atoms with Crippen LogP contribution >= 0.6 is 0 Å². The predicted molar refractivity (Wildman–Crippen MR) is 178 cm³/mol. The molecule has 0 N–H and O–H groups in total. The fourth-order valence-electron chi connectivity index (χ4n) is 6.69. The summed E-state index contributed by atoms with van der Waals surface area (Å²) >= 11 is 0. The van der Waals surface area contributed by atoms with Gasteiger partial charge in [0, 0.05) is 21.5 Å². The van der Waals surface area contributed by atoms with E-state index in [4.69, 9.17) is 4.98 Å². The molecule has 48 heavy (non-hydrogen) atoms. The Labute approximate surface area is 270 Å². The van der Waals surface area contributed by atoms with Gasteiger partial charge in [-0.1, -0.05) is 59.7 Å². The second-order valence-electron chi connectivity index (χ2n) is 12.1. The molecule has 0 saturated carbocycles. The summed E-state index contributed by atoms with van der Waals surface area (Å²) in [7, 11) is 0. The molecule has 5 aromatic carbocycles. The van der Waals surface area contributed by atoms with E-state index < -0.39 is 23.5 Å². The molecule has 0 aliphatic carbocycles. The van der Waals surface area contributed by atoms with Crippen molar-refractivity contribution in [2.45, 2.75) is 26.2 Å². The van der Waals surface area contributed by atoms with E-state index in [0.717, 1.165) is 66.9 Å². The highest BCUT2D eigenvalue weighted by Crippen LogP contribution is 2.41. The van der Waals surface area contributed by atoms with Crippen LogP contribution in [0.2, 0.25) is 0 Å². The van der Waals surface area contributed by atoms with E-state index in [1.807, 2.05) is 95.8 Å². The number of fused-ring (bicyclic) bond motifs is 6. The molecule has 0 amide bonds. The first kappa shape index (κ1) is 29.8. The number of pyridine rings is 1. The molecule has 8 aromatic rings. The molecule has 3 heterocycles. The lowest BCUT2D eigenvalue weighted by Crippen LogP contribution is -2.11. The maximum atomic E-state index is 14.0. The normalized spacial score (nSPS) is 12.6. The molecule has 0 radical (unpaired) electrons. The van der Waals surface area contributed by atoms with Crippen molar-refractivity contribution in [3.05, 3.63) is 138 Å². The SMILES string of the molecule is Cc1ccc2c(c1)c1ccccc1n2-c1cc(-c2cc(C(F)(F)F)cc(C(F)(F)F)c2)cc(-n2c3ccccc3c3cc(C)ccc32)n1. The summed E-state index contributed by atoms with van der Waals surface area (Å²) in [5.41, 5.74) is 2.44. The van der Waals surface area contributed by atoms with Crippen molar-refractivity contribution in [3.63, 3.8) is 0 Å². The second kappa shape index (κ2) is 10.5. The minimum absolute atomic E-state index is 0.150. The standard InChI is InChI=1S/C39H25F6N3/c1-22-11-13-34-30(15-22)28-7-3-5-9-32(28)47(34)36-19-25(24-17-26(38(40,41)42)21-27(18-24)39(43,44)45)20-37(46-36)48-33-10-6-4-8-29(33)31-16-23(2)12-14-35(31)48/h3-21H,1-2H3. The number of halogens is 6. The Kier molecular flexibility index (Phi) is 6.50. The highest BCUT2D eigenvalue weighted by molar-refractivity contribution is 6.10. The smallest absolute Gasteiger partial charge is 0.294 e. The van der Waals surface area contributed by atoms with Crippen LogP contribution in [0.3, 0.4) is 0 Å². The minimum Gasteiger partial charge on any atom is -0.294 e. The molecule has 8 rings (SSSR count). The summed E-state index contributed by atoms with van der Waals surface area (Å²) in [6.45, 7) is 3.97. The highest BCUT2D eigenvalue weighted by atomic mass is 19.4. The third kappa shape index (κ3) is 4.80. The Morgan fingerprint density at radius 1 is 0.438 bits per heavy atom. The van der Waals surface area contributed by atoms with Gasteiger partial charge in [0.2, 0.25) is 0 Å². The average molecular weight is 650 g/mol. The van der Waals surface area contributed by atoms with Crippen molar-refractivity contribution >= 4 is 43.6 Å². The molecule has 238 valence electrons. The Morgan fingerprint density at radius 2 is 0.833 bits per heavy atom. The topological polar surface area (TPSA) is 22.8 Å². The predicted octanol–water partition coefficient (Wildman–Crippen LogP) is 11.6. The number of para-hydroxylation sites is 2. The van der Waals surface area contributed by atoms with E-state index in [1.54, 1.807) is 12.1 Å². The number of aryl methyl sites for hydroxylation is 2. The van der Waals surface area contributed by atoms with Gasteiger partial charge in [-0.2, -0.15) is 26.3 Å². The van der Waals surface area contributed by atoms with Crippen LogP contribution in [0.15, 0.2) is 115 Å². The molecular formula is C39H25F6N3. The number of alkyl halides is 6. The molecule has 0 fully saturated rings. The quantitative estimate of drug-likeness (QED) is 0.175. The fraction of sp³-hybridized carbons (Fsp3) is 0.103. The number of nitrogens with zero attached hydrogens (tertiary/aromatic N) is 3. The number of rotatable bonds is 3. The lowest BCUT2D eigenvalue weighted by molar-refractivity contribution is -0.143. The summed E-state index contributed by atoms with van der Waals surface area (Å²) in [6.07, 6.45) is -9.99.